The Bertz CT molecular complexity index is 1190. The summed E-state index contributed by atoms with van der Waals surface area (Å²) < 4.78 is 27.9. The minimum absolute atomic E-state index is 0.104. The number of fused-ring (bicyclic) bond motifs is 1. The van der Waals surface area contributed by atoms with Crippen LogP contribution in [0.3, 0.4) is 0 Å². The first-order valence-corrected chi connectivity index (χ1v) is 10.5. The van der Waals surface area contributed by atoms with Crippen molar-refractivity contribution in [3.8, 4) is 0 Å². The maximum Gasteiger partial charge on any atom is 0.278 e. The standard InChI is InChI=1S/C19H21N5O4S/c1-13(2)11-20-29(27,28)15-9-7-14(8-10-15)21-18(25)12-24-19(26)16-5-3-4-6-17(16)22-23-24/h3-10,13,20H,11-12H2,1-2H3,(H,21,25). The third-order valence-corrected chi connectivity index (χ3v) is 5.49. The number of rotatable bonds is 7. The van der Waals surface area contributed by atoms with E-state index in [0.29, 0.717) is 23.1 Å². The molecule has 0 spiro atoms. The number of amides is 1. The van der Waals surface area contributed by atoms with Crippen molar-refractivity contribution < 1.29 is 13.2 Å². The van der Waals surface area contributed by atoms with Crippen molar-refractivity contribution in [3.05, 3.63) is 58.9 Å². The van der Waals surface area contributed by atoms with Gasteiger partial charge in [0.2, 0.25) is 15.9 Å². The number of sulfonamides is 1. The van der Waals surface area contributed by atoms with E-state index in [1.807, 2.05) is 13.8 Å². The second-order valence-corrected chi connectivity index (χ2v) is 8.65. The number of carbonyl (C=O) groups excluding carboxylic acids is 1. The van der Waals surface area contributed by atoms with Crippen molar-refractivity contribution in [2.75, 3.05) is 11.9 Å². The number of hydrogen-bond donors (Lipinski definition) is 2. The molecule has 1 aromatic heterocycles. The molecule has 152 valence electrons. The summed E-state index contributed by atoms with van der Waals surface area (Å²) in [4.78, 5) is 24.8. The number of carbonyl (C=O) groups is 1. The van der Waals surface area contributed by atoms with Gasteiger partial charge in [-0.1, -0.05) is 31.2 Å². The fourth-order valence-electron chi connectivity index (χ4n) is 2.54. The molecule has 2 N–H and O–H groups in total. The van der Waals surface area contributed by atoms with Gasteiger partial charge in [0.05, 0.1) is 10.3 Å². The second-order valence-electron chi connectivity index (χ2n) is 6.89. The summed E-state index contributed by atoms with van der Waals surface area (Å²) >= 11 is 0. The van der Waals surface area contributed by atoms with E-state index >= 15 is 0 Å². The monoisotopic (exact) mass is 415 g/mol. The average Bonchev–Trinajstić information content (AvgIpc) is 2.69. The number of anilines is 1. The number of hydrogen-bond acceptors (Lipinski definition) is 6. The zero-order chi connectivity index (χ0) is 21.0. The van der Waals surface area contributed by atoms with Crippen molar-refractivity contribution in [1.82, 2.24) is 19.7 Å². The van der Waals surface area contributed by atoms with E-state index in [1.165, 1.54) is 24.3 Å². The average molecular weight is 415 g/mol. The molecule has 0 bridgehead atoms. The van der Waals surface area contributed by atoms with Crippen molar-refractivity contribution >= 4 is 32.5 Å². The van der Waals surface area contributed by atoms with Gasteiger partial charge < -0.3 is 5.32 Å². The van der Waals surface area contributed by atoms with Crippen molar-refractivity contribution in [2.24, 2.45) is 5.92 Å². The molecule has 0 aliphatic carbocycles. The Labute approximate surface area is 167 Å². The van der Waals surface area contributed by atoms with Crippen LogP contribution in [0.25, 0.3) is 10.9 Å². The first-order valence-electron chi connectivity index (χ1n) is 8.98. The molecule has 0 radical (unpaired) electrons. The normalized spacial score (nSPS) is 11.7. The van der Waals surface area contributed by atoms with Crippen LogP contribution in [-0.4, -0.2) is 35.9 Å². The Morgan fingerprint density at radius 3 is 2.48 bits per heavy atom. The summed E-state index contributed by atoms with van der Waals surface area (Å²) in [6.07, 6.45) is 0. The Balaban J connectivity index is 1.69. The molecule has 1 amide bonds. The molecule has 0 aliphatic heterocycles. The third kappa shape index (κ3) is 5.04. The maximum atomic E-state index is 12.4. The molecule has 1 heterocycles. The molecule has 3 aromatic rings. The highest BCUT2D eigenvalue weighted by molar-refractivity contribution is 7.89. The molecule has 0 fully saturated rings. The van der Waals surface area contributed by atoms with Gasteiger partial charge in [0.25, 0.3) is 5.56 Å². The third-order valence-electron chi connectivity index (χ3n) is 4.05. The quantitative estimate of drug-likeness (QED) is 0.601. The summed E-state index contributed by atoms with van der Waals surface area (Å²) in [7, 11) is -3.60. The Kier molecular flexibility index (Phi) is 6.04. The Morgan fingerprint density at radius 1 is 1.10 bits per heavy atom. The lowest BCUT2D eigenvalue weighted by Crippen LogP contribution is -2.30. The summed E-state index contributed by atoms with van der Waals surface area (Å²) in [6, 6.07) is 12.5. The van der Waals surface area contributed by atoms with Crippen LogP contribution in [0.4, 0.5) is 5.69 Å². The number of nitrogens with zero attached hydrogens (tertiary/aromatic N) is 3. The fourth-order valence-corrected chi connectivity index (χ4v) is 3.75. The highest BCUT2D eigenvalue weighted by Gasteiger charge is 2.15. The molecule has 0 saturated carbocycles. The Morgan fingerprint density at radius 2 is 1.79 bits per heavy atom. The molecule has 0 atom stereocenters. The van der Waals surface area contributed by atoms with E-state index in [0.717, 1.165) is 4.68 Å². The minimum Gasteiger partial charge on any atom is -0.324 e. The van der Waals surface area contributed by atoms with Gasteiger partial charge in [-0.15, -0.1) is 5.10 Å². The van der Waals surface area contributed by atoms with Gasteiger partial charge in [-0.2, -0.15) is 0 Å². The zero-order valence-corrected chi connectivity index (χ0v) is 16.8. The molecule has 0 aliphatic rings. The number of benzene rings is 2. The lowest BCUT2D eigenvalue weighted by Gasteiger charge is -2.10. The molecule has 29 heavy (non-hydrogen) atoms. The predicted molar refractivity (Wildman–Crippen MR) is 109 cm³/mol. The highest BCUT2D eigenvalue weighted by Crippen LogP contribution is 2.14. The highest BCUT2D eigenvalue weighted by atomic mass is 32.2. The fraction of sp³-hybridized carbons (Fsp3) is 0.263. The smallest absolute Gasteiger partial charge is 0.278 e. The van der Waals surface area contributed by atoms with Crippen LogP contribution in [0.5, 0.6) is 0 Å². The maximum absolute atomic E-state index is 12.4. The molecule has 2 aromatic carbocycles. The molecule has 3 rings (SSSR count). The minimum atomic E-state index is -3.60. The predicted octanol–water partition coefficient (Wildman–Crippen LogP) is 1.36. The lowest BCUT2D eigenvalue weighted by atomic mass is 10.2. The summed E-state index contributed by atoms with van der Waals surface area (Å²) in [5.41, 5.74) is 0.444. The molecule has 9 nitrogen and oxygen atoms in total. The number of nitrogens with one attached hydrogen (secondary N) is 2. The van der Waals surface area contributed by atoms with Gasteiger partial charge in [0.1, 0.15) is 12.1 Å². The summed E-state index contributed by atoms with van der Waals surface area (Å²) in [5.74, 6) is -0.296. The van der Waals surface area contributed by atoms with Crippen LogP contribution in [0, 0.1) is 5.92 Å². The summed E-state index contributed by atoms with van der Waals surface area (Å²) in [5, 5.41) is 10.7. The first kappa shape index (κ1) is 20.6. The SMILES string of the molecule is CC(C)CNS(=O)(=O)c1ccc(NC(=O)Cn2nnc3ccccc3c2=O)cc1. The molecule has 0 saturated heterocycles. The van der Waals surface area contributed by atoms with Crippen LogP contribution < -0.4 is 15.6 Å². The lowest BCUT2D eigenvalue weighted by molar-refractivity contribution is -0.117. The van der Waals surface area contributed by atoms with Gasteiger partial charge in [-0.3, -0.25) is 9.59 Å². The van der Waals surface area contributed by atoms with Crippen LogP contribution in [0.1, 0.15) is 13.8 Å². The van der Waals surface area contributed by atoms with Gasteiger partial charge in [0.15, 0.2) is 0 Å². The van der Waals surface area contributed by atoms with E-state index in [9.17, 15) is 18.0 Å². The Hall–Kier alpha value is -3.11. The first-order chi connectivity index (χ1) is 13.8. The van der Waals surface area contributed by atoms with E-state index < -0.39 is 21.5 Å². The van der Waals surface area contributed by atoms with Crippen LogP contribution in [-0.2, 0) is 21.4 Å². The van der Waals surface area contributed by atoms with Gasteiger partial charge in [-0.25, -0.2) is 17.8 Å². The van der Waals surface area contributed by atoms with Gasteiger partial charge in [-0.05, 0) is 42.3 Å². The van der Waals surface area contributed by atoms with E-state index in [2.05, 4.69) is 20.4 Å². The van der Waals surface area contributed by atoms with Crippen LogP contribution >= 0.6 is 0 Å². The number of aromatic nitrogens is 3. The summed E-state index contributed by atoms with van der Waals surface area (Å²) in [6.45, 7) is 3.84. The second kappa shape index (κ2) is 8.50. The largest absolute Gasteiger partial charge is 0.324 e. The van der Waals surface area contributed by atoms with Gasteiger partial charge >= 0.3 is 0 Å². The van der Waals surface area contributed by atoms with E-state index in [4.69, 9.17) is 0 Å². The van der Waals surface area contributed by atoms with Gasteiger partial charge in [0, 0.05) is 12.2 Å². The van der Waals surface area contributed by atoms with Crippen LogP contribution in [0.15, 0.2) is 58.2 Å². The topological polar surface area (TPSA) is 123 Å². The van der Waals surface area contributed by atoms with E-state index in [1.54, 1.807) is 24.3 Å². The molecule has 10 heteroatoms. The van der Waals surface area contributed by atoms with Crippen LogP contribution in [0.2, 0.25) is 0 Å². The molecular weight excluding hydrogens is 394 g/mol. The van der Waals surface area contributed by atoms with Crippen molar-refractivity contribution in [2.45, 2.75) is 25.3 Å². The van der Waals surface area contributed by atoms with Crippen molar-refractivity contribution in [3.63, 3.8) is 0 Å². The zero-order valence-electron chi connectivity index (χ0n) is 16.0. The molecular formula is C19H21N5O4S. The molecule has 0 unspecified atom stereocenters. The van der Waals surface area contributed by atoms with Crippen molar-refractivity contribution in [1.29, 1.82) is 0 Å². The van der Waals surface area contributed by atoms with E-state index in [-0.39, 0.29) is 17.4 Å².